The molecule has 0 spiro atoms. The summed E-state index contributed by atoms with van der Waals surface area (Å²) in [6.45, 7) is 1.87. The Kier molecular flexibility index (Phi) is 3.34. The molecule has 2 rings (SSSR count). The van der Waals surface area contributed by atoms with Gasteiger partial charge < -0.3 is 4.74 Å². The second-order valence-corrected chi connectivity index (χ2v) is 4.45. The Bertz CT molecular complexity index is 575. The van der Waals surface area contributed by atoms with Crippen molar-refractivity contribution < 1.29 is 9.53 Å². The van der Waals surface area contributed by atoms with Gasteiger partial charge in [0, 0.05) is 6.07 Å². The molecule has 1 heterocycles. The van der Waals surface area contributed by atoms with Crippen LogP contribution in [0.1, 0.15) is 11.7 Å². The van der Waals surface area contributed by atoms with E-state index in [1.807, 2.05) is 44.1 Å². The molecule has 0 amide bonds. The quantitative estimate of drug-likeness (QED) is 0.827. The number of carbonyl (C=O) groups is 1. The first-order chi connectivity index (χ1) is 8.54. The molecule has 0 saturated heterocycles. The van der Waals surface area contributed by atoms with Crippen LogP contribution in [-0.2, 0) is 0 Å². The molecule has 2 aromatic rings. The molecule has 0 bridgehead atoms. The molecule has 18 heavy (non-hydrogen) atoms. The summed E-state index contributed by atoms with van der Waals surface area (Å²) in [6.07, 6.45) is 1.56. The largest absolute Gasteiger partial charge is 0.497 e. The molecule has 0 aliphatic carbocycles. The summed E-state index contributed by atoms with van der Waals surface area (Å²) in [7, 11) is 5.36. The van der Waals surface area contributed by atoms with Gasteiger partial charge in [0.1, 0.15) is 12.1 Å². The molecule has 5 heteroatoms. The lowest BCUT2D eigenvalue weighted by Gasteiger charge is -2.18. The zero-order valence-electron chi connectivity index (χ0n) is 11.0. The van der Waals surface area contributed by atoms with Gasteiger partial charge >= 0.3 is 0 Å². The van der Waals surface area contributed by atoms with E-state index in [0.717, 1.165) is 16.8 Å². The van der Waals surface area contributed by atoms with E-state index in [1.54, 1.807) is 18.0 Å². The van der Waals surface area contributed by atoms with E-state index in [-0.39, 0.29) is 11.9 Å². The predicted molar refractivity (Wildman–Crippen MR) is 70.1 cm³/mol. The van der Waals surface area contributed by atoms with E-state index >= 15 is 0 Å². The van der Waals surface area contributed by atoms with Crippen LogP contribution < -0.4 is 4.74 Å². The second kappa shape index (κ2) is 4.78. The van der Waals surface area contributed by atoms with Crippen molar-refractivity contribution in [1.29, 1.82) is 0 Å². The number of rotatable bonds is 3. The van der Waals surface area contributed by atoms with Crippen LogP contribution in [0, 0.1) is 0 Å². The Labute approximate surface area is 106 Å². The number of hydrogen-bond acceptors (Lipinski definition) is 4. The van der Waals surface area contributed by atoms with Crippen molar-refractivity contribution in [3.63, 3.8) is 0 Å². The van der Waals surface area contributed by atoms with Gasteiger partial charge in [0.15, 0.2) is 0 Å². The highest BCUT2D eigenvalue weighted by molar-refractivity contribution is 5.93. The van der Waals surface area contributed by atoms with Gasteiger partial charge in [0.2, 0.25) is 5.91 Å². The van der Waals surface area contributed by atoms with E-state index in [2.05, 4.69) is 4.98 Å². The van der Waals surface area contributed by atoms with Crippen LogP contribution >= 0.6 is 0 Å². The molecule has 5 nitrogen and oxygen atoms in total. The van der Waals surface area contributed by atoms with Crippen molar-refractivity contribution >= 4 is 16.9 Å². The molecule has 1 atom stereocenters. The van der Waals surface area contributed by atoms with Gasteiger partial charge in [-0.05, 0) is 33.2 Å². The van der Waals surface area contributed by atoms with E-state index < -0.39 is 0 Å². The highest BCUT2D eigenvalue weighted by atomic mass is 16.5. The summed E-state index contributed by atoms with van der Waals surface area (Å²) in [5.74, 6) is 0.713. The number of imidazole rings is 1. The number of fused-ring (bicyclic) bond motifs is 1. The topological polar surface area (TPSA) is 47.4 Å². The number of aromatic nitrogens is 2. The zero-order chi connectivity index (χ0) is 13.3. The molecule has 1 aromatic carbocycles. The first-order valence-electron chi connectivity index (χ1n) is 5.76. The van der Waals surface area contributed by atoms with E-state index in [1.165, 1.54) is 0 Å². The molecule has 0 saturated carbocycles. The molecule has 0 unspecified atom stereocenters. The molecular formula is C13H17N3O2. The van der Waals surface area contributed by atoms with Crippen LogP contribution in [0.15, 0.2) is 24.5 Å². The van der Waals surface area contributed by atoms with E-state index in [4.69, 9.17) is 4.74 Å². The van der Waals surface area contributed by atoms with Crippen LogP contribution in [0.4, 0.5) is 0 Å². The summed E-state index contributed by atoms with van der Waals surface area (Å²) in [6, 6.07) is 5.30. The minimum Gasteiger partial charge on any atom is -0.497 e. The van der Waals surface area contributed by atoms with Gasteiger partial charge in [-0.3, -0.25) is 14.3 Å². The number of nitrogens with zero attached hydrogens (tertiary/aromatic N) is 3. The van der Waals surface area contributed by atoms with E-state index in [9.17, 15) is 4.79 Å². The minimum absolute atomic E-state index is 0.00393. The van der Waals surface area contributed by atoms with Crippen molar-refractivity contribution in [2.75, 3.05) is 21.2 Å². The summed E-state index contributed by atoms with van der Waals surface area (Å²) < 4.78 is 6.74. The number of hydrogen-bond donors (Lipinski definition) is 0. The second-order valence-electron chi connectivity index (χ2n) is 4.45. The fourth-order valence-corrected chi connectivity index (χ4v) is 1.71. The lowest BCUT2D eigenvalue weighted by atomic mass is 10.2. The lowest BCUT2D eigenvalue weighted by Crippen LogP contribution is -2.36. The third-order valence-corrected chi connectivity index (χ3v) is 3.12. The van der Waals surface area contributed by atoms with Crippen LogP contribution in [0.5, 0.6) is 5.75 Å². The Morgan fingerprint density at radius 2 is 2.17 bits per heavy atom. The minimum atomic E-state index is -0.200. The summed E-state index contributed by atoms with van der Waals surface area (Å²) >= 11 is 0. The third-order valence-electron chi connectivity index (χ3n) is 3.12. The molecule has 0 N–H and O–H groups in total. The fourth-order valence-electron chi connectivity index (χ4n) is 1.71. The average Bonchev–Trinajstić information content (AvgIpc) is 2.79. The lowest BCUT2D eigenvalue weighted by molar-refractivity contribution is 0.0809. The molecule has 0 aliphatic heterocycles. The van der Waals surface area contributed by atoms with Crippen molar-refractivity contribution in [2.45, 2.75) is 13.0 Å². The Morgan fingerprint density at radius 3 is 2.78 bits per heavy atom. The van der Waals surface area contributed by atoms with Gasteiger partial charge in [-0.2, -0.15) is 0 Å². The van der Waals surface area contributed by atoms with Crippen LogP contribution in [-0.4, -0.2) is 47.6 Å². The maximum absolute atomic E-state index is 12.3. The van der Waals surface area contributed by atoms with Gasteiger partial charge in [-0.15, -0.1) is 0 Å². The summed E-state index contributed by atoms with van der Waals surface area (Å²) in [5, 5.41) is 0. The molecule has 0 radical (unpaired) electrons. The monoisotopic (exact) mass is 247 g/mol. The fraction of sp³-hybridized carbons (Fsp3) is 0.385. The van der Waals surface area contributed by atoms with Crippen LogP contribution in [0.25, 0.3) is 11.0 Å². The average molecular weight is 247 g/mol. The number of benzene rings is 1. The van der Waals surface area contributed by atoms with Crippen molar-refractivity contribution in [1.82, 2.24) is 14.5 Å². The molecule has 0 fully saturated rings. The van der Waals surface area contributed by atoms with Crippen LogP contribution in [0.2, 0.25) is 0 Å². The number of ether oxygens (including phenoxy) is 1. The molecule has 1 aromatic heterocycles. The number of carbonyl (C=O) groups excluding carboxylic acids is 1. The SMILES string of the molecule is COc1ccc2ncn(C(=O)[C@@H](C)N(C)C)c2c1. The number of methoxy groups -OCH3 is 1. The van der Waals surface area contributed by atoms with Gasteiger partial charge in [-0.1, -0.05) is 0 Å². The van der Waals surface area contributed by atoms with Gasteiger partial charge in [-0.25, -0.2) is 4.98 Å². The smallest absolute Gasteiger partial charge is 0.249 e. The highest BCUT2D eigenvalue weighted by Crippen LogP contribution is 2.20. The number of likely N-dealkylation sites (N-methyl/N-ethyl adjacent to an activating group) is 1. The first kappa shape index (κ1) is 12.6. The third kappa shape index (κ3) is 2.09. The summed E-state index contributed by atoms with van der Waals surface area (Å²) in [5.41, 5.74) is 1.56. The summed E-state index contributed by atoms with van der Waals surface area (Å²) in [4.78, 5) is 18.4. The maximum Gasteiger partial charge on any atom is 0.249 e. The zero-order valence-corrected chi connectivity index (χ0v) is 11.0. The molecular weight excluding hydrogens is 230 g/mol. The molecule has 0 aliphatic rings. The Balaban J connectivity index is 2.48. The van der Waals surface area contributed by atoms with Crippen molar-refractivity contribution in [3.05, 3.63) is 24.5 Å². The van der Waals surface area contributed by atoms with Crippen LogP contribution in [0.3, 0.4) is 0 Å². The normalized spacial score (nSPS) is 12.9. The van der Waals surface area contributed by atoms with Crippen molar-refractivity contribution in [2.24, 2.45) is 0 Å². The predicted octanol–water partition coefficient (Wildman–Crippen LogP) is 1.64. The van der Waals surface area contributed by atoms with Gasteiger partial charge in [0.05, 0.1) is 24.2 Å². The van der Waals surface area contributed by atoms with E-state index in [0.29, 0.717) is 0 Å². The highest BCUT2D eigenvalue weighted by Gasteiger charge is 2.19. The molecule has 96 valence electrons. The van der Waals surface area contributed by atoms with Gasteiger partial charge in [0.25, 0.3) is 0 Å². The Hall–Kier alpha value is -1.88. The van der Waals surface area contributed by atoms with Crippen molar-refractivity contribution in [3.8, 4) is 5.75 Å². The first-order valence-corrected chi connectivity index (χ1v) is 5.76. The standard InChI is InChI=1S/C13H17N3O2/c1-9(15(2)3)13(17)16-8-14-11-6-5-10(18-4)7-12(11)16/h5-9H,1-4H3/t9-/m1/s1. The Morgan fingerprint density at radius 1 is 1.44 bits per heavy atom. The maximum atomic E-state index is 12.3.